The molecule has 0 spiro atoms. The van der Waals surface area contributed by atoms with Crippen LogP contribution in [-0.4, -0.2) is 48.2 Å². The number of benzene rings is 1. The Balaban J connectivity index is 1.02. The minimum atomic E-state index is -0.183. The standard InChI is InChI=1S/C36H52N2O4/c1-33(2)24-36(19-21-41-33,25-8-6-5-7-9-25)18-20-37-32(40)23-42-38-27-14-16-34(3)26(22-27)10-11-28-29-12-13-31(39)35(29,4)17-15-30(28)34/h5-9,22,28-31,39H,10-21,23-24H2,1-4H3,(H,37,40)/b38-27+/t28-,29-,30-,31+,34-,35-,36-/m0/s1. The van der Waals surface area contributed by atoms with Crippen molar-refractivity contribution in [3.63, 3.8) is 0 Å². The van der Waals surface area contributed by atoms with Crippen LogP contribution in [0.2, 0.25) is 0 Å². The summed E-state index contributed by atoms with van der Waals surface area (Å²) in [5.41, 5.74) is 3.98. The smallest absolute Gasteiger partial charge is 0.260 e. The molecule has 1 amide bonds. The van der Waals surface area contributed by atoms with Gasteiger partial charge in [-0.05, 0) is 125 Å². The summed E-state index contributed by atoms with van der Waals surface area (Å²) >= 11 is 0. The van der Waals surface area contributed by atoms with E-state index in [1.165, 1.54) is 30.4 Å². The summed E-state index contributed by atoms with van der Waals surface area (Å²) in [7, 11) is 0. The van der Waals surface area contributed by atoms with Gasteiger partial charge in [0.15, 0.2) is 6.61 Å². The van der Waals surface area contributed by atoms with Crippen LogP contribution < -0.4 is 5.32 Å². The summed E-state index contributed by atoms with van der Waals surface area (Å²) in [6.45, 7) is 10.4. The first-order valence-electron chi connectivity index (χ1n) is 16.6. The molecule has 0 radical (unpaired) electrons. The van der Waals surface area contributed by atoms with Crippen molar-refractivity contribution in [3.05, 3.63) is 47.5 Å². The topological polar surface area (TPSA) is 80.2 Å². The van der Waals surface area contributed by atoms with Crippen molar-refractivity contribution in [3.8, 4) is 0 Å². The van der Waals surface area contributed by atoms with Crippen LogP contribution in [0.4, 0.5) is 0 Å². The third-order valence-electron chi connectivity index (χ3n) is 12.5. The van der Waals surface area contributed by atoms with E-state index in [-0.39, 0.29) is 40.5 Å². The molecule has 1 saturated heterocycles. The van der Waals surface area contributed by atoms with E-state index >= 15 is 0 Å². The van der Waals surface area contributed by atoms with Crippen LogP contribution in [0.15, 0.2) is 47.1 Å². The number of fused-ring (bicyclic) bond motifs is 5. The monoisotopic (exact) mass is 576 g/mol. The minimum Gasteiger partial charge on any atom is -0.393 e. The molecule has 5 aliphatic rings. The number of hydrogen-bond acceptors (Lipinski definition) is 5. The first kappa shape index (κ1) is 29.9. The van der Waals surface area contributed by atoms with Gasteiger partial charge in [-0.3, -0.25) is 4.79 Å². The largest absolute Gasteiger partial charge is 0.393 e. The lowest BCUT2D eigenvalue weighted by atomic mass is 9.47. The van der Waals surface area contributed by atoms with Crippen LogP contribution in [0.25, 0.3) is 0 Å². The van der Waals surface area contributed by atoms with Crippen molar-refractivity contribution >= 4 is 11.6 Å². The molecule has 1 aliphatic heterocycles. The number of ether oxygens (including phenoxy) is 1. The molecular formula is C36H52N2O4. The lowest BCUT2D eigenvalue weighted by Crippen LogP contribution is -2.51. The van der Waals surface area contributed by atoms with E-state index in [9.17, 15) is 9.90 Å². The summed E-state index contributed by atoms with van der Waals surface area (Å²) in [5.74, 6) is 1.98. The molecule has 1 aromatic rings. The van der Waals surface area contributed by atoms with E-state index in [0.29, 0.717) is 18.4 Å². The van der Waals surface area contributed by atoms with Crippen LogP contribution in [-0.2, 0) is 19.8 Å². The first-order valence-corrected chi connectivity index (χ1v) is 16.6. The number of oxime groups is 1. The molecule has 0 bridgehead atoms. The van der Waals surface area contributed by atoms with Crippen LogP contribution >= 0.6 is 0 Å². The van der Waals surface area contributed by atoms with Gasteiger partial charge in [-0.1, -0.05) is 54.9 Å². The molecule has 1 aromatic carbocycles. The Morgan fingerprint density at radius 2 is 1.83 bits per heavy atom. The fourth-order valence-corrected chi connectivity index (χ4v) is 10.2. The average molecular weight is 577 g/mol. The molecule has 4 aliphatic carbocycles. The van der Waals surface area contributed by atoms with Crippen LogP contribution in [0.1, 0.15) is 104 Å². The van der Waals surface area contributed by atoms with E-state index < -0.39 is 0 Å². The molecule has 6 rings (SSSR count). The van der Waals surface area contributed by atoms with Crippen molar-refractivity contribution in [1.29, 1.82) is 0 Å². The van der Waals surface area contributed by atoms with Gasteiger partial charge in [0.25, 0.3) is 5.91 Å². The molecule has 4 fully saturated rings. The molecule has 6 nitrogen and oxygen atoms in total. The zero-order chi connectivity index (χ0) is 29.6. The number of aliphatic hydroxyl groups is 1. The van der Waals surface area contributed by atoms with Crippen LogP contribution in [0.5, 0.6) is 0 Å². The Morgan fingerprint density at radius 3 is 2.62 bits per heavy atom. The van der Waals surface area contributed by atoms with E-state index in [0.717, 1.165) is 69.6 Å². The second kappa shape index (κ2) is 11.4. The number of rotatable bonds is 7. The highest BCUT2D eigenvalue weighted by Crippen LogP contribution is 2.65. The maximum Gasteiger partial charge on any atom is 0.260 e. The number of carbonyl (C=O) groups is 1. The molecule has 3 saturated carbocycles. The van der Waals surface area contributed by atoms with Gasteiger partial charge in [-0.2, -0.15) is 0 Å². The van der Waals surface area contributed by atoms with Gasteiger partial charge >= 0.3 is 0 Å². The summed E-state index contributed by atoms with van der Waals surface area (Å²) in [6.07, 6.45) is 13.8. The second-order valence-electron chi connectivity index (χ2n) is 15.3. The van der Waals surface area contributed by atoms with Crippen molar-refractivity contribution < 1.29 is 19.5 Å². The zero-order valence-electron chi connectivity index (χ0n) is 26.3. The van der Waals surface area contributed by atoms with Crippen molar-refractivity contribution in [2.24, 2.45) is 33.7 Å². The maximum atomic E-state index is 12.7. The number of hydrogen-bond donors (Lipinski definition) is 2. The molecule has 2 N–H and O–H groups in total. The van der Waals surface area contributed by atoms with Crippen molar-refractivity contribution in [2.45, 2.75) is 115 Å². The van der Waals surface area contributed by atoms with Gasteiger partial charge in [0.2, 0.25) is 0 Å². The Labute approximate surface area is 252 Å². The number of carbonyl (C=O) groups excluding carboxylic acids is 1. The maximum absolute atomic E-state index is 12.7. The minimum absolute atomic E-state index is 0.00810. The van der Waals surface area contributed by atoms with Crippen LogP contribution in [0, 0.1) is 28.6 Å². The van der Waals surface area contributed by atoms with Crippen molar-refractivity contribution in [1.82, 2.24) is 5.32 Å². The summed E-state index contributed by atoms with van der Waals surface area (Å²) in [6, 6.07) is 10.7. The number of amides is 1. The predicted molar refractivity (Wildman–Crippen MR) is 166 cm³/mol. The summed E-state index contributed by atoms with van der Waals surface area (Å²) < 4.78 is 6.03. The molecule has 42 heavy (non-hydrogen) atoms. The highest BCUT2D eigenvalue weighted by Gasteiger charge is 2.58. The third-order valence-corrected chi connectivity index (χ3v) is 12.5. The molecule has 230 valence electrons. The summed E-state index contributed by atoms with van der Waals surface area (Å²) in [5, 5.41) is 18.3. The highest BCUT2D eigenvalue weighted by atomic mass is 16.6. The Morgan fingerprint density at radius 1 is 1.02 bits per heavy atom. The molecule has 0 unspecified atom stereocenters. The average Bonchev–Trinajstić information content (AvgIpc) is 3.27. The van der Waals surface area contributed by atoms with E-state index in [1.54, 1.807) is 0 Å². The summed E-state index contributed by atoms with van der Waals surface area (Å²) in [4.78, 5) is 18.3. The first-order chi connectivity index (χ1) is 20.0. The molecule has 6 heteroatoms. The number of aliphatic hydroxyl groups excluding tert-OH is 1. The van der Waals surface area contributed by atoms with Gasteiger partial charge < -0.3 is 20.0 Å². The number of allylic oxidation sites excluding steroid dienone is 2. The van der Waals surface area contributed by atoms with Crippen molar-refractivity contribution in [2.75, 3.05) is 19.8 Å². The Hall–Kier alpha value is -2.18. The van der Waals surface area contributed by atoms with Crippen LogP contribution in [0.3, 0.4) is 0 Å². The fraction of sp³-hybridized carbons (Fsp3) is 0.722. The molecule has 7 atom stereocenters. The van der Waals surface area contributed by atoms with Gasteiger partial charge in [0.1, 0.15) is 0 Å². The molecule has 0 aromatic heterocycles. The molecular weight excluding hydrogens is 524 g/mol. The zero-order valence-corrected chi connectivity index (χ0v) is 26.3. The SMILES string of the molecule is CC1(C)C[C@@](CCNC(=O)CO/N=C2/C=C3CC[C@H]4[C@@H]5CC[C@@H](O)[C@@]5(C)CC[C@@H]4[C@@]3(C)CC2)(c2ccccc2)CCO1. The Kier molecular flexibility index (Phi) is 8.10. The lowest BCUT2D eigenvalue weighted by molar-refractivity contribution is -0.125. The fourth-order valence-electron chi connectivity index (χ4n) is 10.2. The van der Waals surface area contributed by atoms with Gasteiger partial charge in [-0.15, -0.1) is 0 Å². The van der Waals surface area contributed by atoms with Gasteiger partial charge in [0, 0.05) is 18.6 Å². The highest BCUT2D eigenvalue weighted by molar-refractivity contribution is 5.96. The Bertz CT molecular complexity index is 1210. The lowest BCUT2D eigenvalue weighted by Gasteiger charge is -2.57. The van der Waals surface area contributed by atoms with E-state index in [1.807, 2.05) is 0 Å². The number of nitrogens with zero attached hydrogens (tertiary/aromatic N) is 1. The quantitative estimate of drug-likeness (QED) is 0.353. The third kappa shape index (κ3) is 5.47. The van der Waals surface area contributed by atoms with E-state index in [2.05, 4.69) is 74.6 Å². The van der Waals surface area contributed by atoms with Gasteiger partial charge in [0.05, 0.1) is 17.4 Å². The molecule has 1 heterocycles. The second-order valence-corrected chi connectivity index (χ2v) is 15.3. The number of nitrogens with one attached hydrogen (secondary N) is 1. The normalized spacial score (nSPS) is 39.9. The predicted octanol–water partition coefficient (Wildman–Crippen LogP) is 6.72. The van der Waals surface area contributed by atoms with Gasteiger partial charge in [-0.25, -0.2) is 0 Å². The van der Waals surface area contributed by atoms with E-state index in [4.69, 9.17) is 9.57 Å².